The summed E-state index contributed by atoms with van der Waals surface area (Å²) in [4.78, 5) is 1.35. The minimum absolute atomic E-state index is 0.0820. The van der Waals surface area contributed by atoms with Gasteiger partial charge in [-0.05, 0) is 22.9 Å². The van der Waals surface area contributed by atoms with Crippen molar-refractivity contribution in [2.75, 3.05) is 0 Å². The van der Waals surface area contributed by atoms with Crippen LogP contribution in [0.25, 0.3) is 0 Å². The fourth-order valence-electron chi connectivity index (χ4n) is 1.46. The molecule has 1 unspecified atom stereocenters. The Balaban J connectivity index is 2.14. The van der Waals surface area contributed by atoms with Gasteiger partial charge in [0.2, 0.25) is 0 Å². The second kappa shape index (κ2) is 4.77. The first-order valence-corrected chi connectivity index (χ1v) is 5.37. The molecule has 17 heavy (non-hydrogen) atoms. The number of halogens is 2. The van der Waals surface area contributed by atoms with Gasteiger partial charge in [-0.1, -0.05) is 17.7 Å². The minimum Gasteiger partial charge on any atom is -0.324 e. The van der Waals surface area contributed by atoms with Crippen molar-refractivity contribution in [1.82, 2.24) is 20.2 Å². The molecule has 1 aromatic heterocycles. The maximum absolute atomic E-state index is 13.2. The van der Waals surface area contributed by atoms with E-state index in [-0.39, 0.29) is 11.1 Å². The molecule has 90 valence electrons. The van der Waals surface area contributed by atoms with Gasteiger partial charge in [-0.25, -0.2) is 4.39 Å². The van der Waals surface area contributed by atoms with Crippen molar-refractivity contribution in [2.45, 2.75) is 12.5 Å². The van der Waals surface area contributed by atoms with E-state index in [1.807, 2.05) is 0 Å². The van der Waals surface area contributed by atoms with E-state index in [0.717, 1.165) is 0 Å². The molecule has 0 saturated carbocycles. The highest BCUT2D eigenvalue weighted by Crippen LogP contribution is 2.20. The molecule has 1 heterocycles. The van der Waals surface area contributed by atoms with E-state index < -0.39 is 5.82 Å². The average Bonchev–Trinajstić information content (AvgIpc) is 2.68. The Hall–Kier alpha value is -1.53. The molecule has 2 rings (SSSR count). The Morgan fingerprint density at radius 3 is 2.88 bits per heavy atom. The second-order valence-electron chi connectivity index (χ2n) is 3.68. The van der Waals surface area contributed by atoms with Gasteiger partial charge in [0.1, 0.15) is 5.82 Å². The largest absolute Gasteiger partial charge is 0.324 e. The number of hydrogen-bond acceptors (Lipinski definition) is 4. The van der Waals surface area contributed by atoms with Crippen molar-refractivity contribution in [3.8, 4) is 0 Å². The first-order valence-electron chi connectivity index (χ1n) is 4.99. The highest BCUT2D eigenvalue weighted by Gasteiger charge is 2.12. The Morgan fingerprint density at radius 1 is 1.53 bits per heavy atom. The van der Waals surface area contributed by atoms with Crippen LogP contribution in [0.3, 0.4) is 0 Å². The standard InChI is InChI=1S/C10H11ClFN5/c1-17-15-10(14-16-17)5-9(13)6-2-3-7(11)8(12)4-6/h2-4,9H,5,13H2,1H3. The van der Waals surface area contributed by atoms with Gasteiger partial charge in [-0.15, -0.1) is 10.2 Å². The van der Waals surface area contributed by atoms with E-state index in [2.05, 4.69) is 15.4 Å². The third-order valence-electron chi connectivity index (χ3n) is 2.32. The predicted octanol–water partition coefficient (Wildman–Crippen LogP) is 1.25. The van der Waals surface area contributed by atoms with E-state index in [1.165, 1.54) is 16.9 Å². The lowest BCUT2D eigenvalue weighted by Crippen LogP contribution is -2.14. The molecule has 0 spiro atoms. The molecule has 1 atom stereocenters. The fraction of sp³-hybridized carbons (Fsp3) is 0.300. The number of tetrazole rings is 1. The van der Waals surface area contributed by atoms with Crippen LogP contribution in [0.5, 0.6) is 0 Å². The molecular formula is C10H11ClFN5. The SMILES string of the molecule is Cn1nnc(CC(N)c2ccc(Cl)c(F)c2)n1. The number of nitrogens with two attached hydrogens (primary N) is 1. The summed E-state index contributed by atoms with van der Waals surface area (Å²) in [5.74, 6) is 0.0436. The third kappa shape index (κ3) is 2.78. The van der Waals surface area contributed by atoms with Crippen LogP contribution < -0.4 is 5.73 Å². The van der Waals surface area contributed by atoms with E-state index in [1.54, 1.807) is 13.1 Å². The summed E-state index contributed by atoms with van der Waals surface area (Å²) in [6.45, 7) is 0. The molecular weight excluding hydrogens is 245 g/mol. The lowest BCUT2D eigenvalue weighted by atomic mass is 10.0. The van der Waals surface area contributed by atoms with Crippen molar-refractivity contribution in [3.63, 3.8) is 0 Å². The second-order valence-corrected chi connectivity index (χ2v) is 4.09. The smallest absolute Gasteiger partial charge is 0.176 e. The van der Waals surface area contributed by atoms with Crippen LogP contribution in [0.1, 0.15) is 17.4 Å². The van der Waals surface area contributed by atoms with E-state index in [0.29, 0.717) is 17.8 Å². The van der Waals surface area contributed by atoms with Crippen LogP contribution >= 0.6 is 11.6 Å². The number of aryl methyl sites for hydroxylation is 1. The van der Waals surface area contributed by atoms with Gasteiger partial charge in [-0.2, -0.15) is 4.80 Å². The highest BCUT2D eigenvalue weighted by atomic mass is 35.5. The van der Waals surface area contributed by atoms with E-state index >= 15 is 0 Å². The molecule has 7 heteroatoms. The van der Waals surface area contributed by atoms with Crippen LogP contribution in [-0.2, 0) is 13.5 Å². The van der Waals surface area contributed by atoms with E-state index in [9.17, 15) is 4.39 Å². The molecule has 0 aliphatic heterocycles. The molecule has 0 amide bonds. The third-order valence-corrected chi connectivity index (χ3v) is 2.63. The van der Waals surface area contributed by atoms with Crippen LogP contribution in [-0.4, -0.2) is 20.2 Å². The summed E-state index contributed by atoms with van der Waals surface area (Å²) in [5.41, 5.74) is 6.58. The van der Waals surface area contributed by atoms with Gasteiger partial charge in [0.15, 0.2) is 5.82 Å². The molecule has 0 fully saturated rings. The number of hydrogen-bond donors (Lipinski definition) is 1. The van der Waals surface area contributed by atoms with Crippen LogP contribution in [0.4, 0.5) is 4.39 Å². The van der Waals surface area contributed by atoms with Crippen molar-refractivity contribution < 1.29 is 4.39 Å². The monoisotopic (exact) mass is 255 g/mol. The summed E-state index contributed by atoms with van der Waals surface area (Å²) < 4.78 is 13.2. The van der Waals surface area contributed by atoms with Crippen LogP contribution in [0, 0.1) is 5.82 Å². The van der Waals surface area contributed by atoms with Crippen LogP contribution in [0.2, 0.25) is 5.02 Å². The fourth-order valence-corrected chi connectivity index (χ4v) is 1.58. The summed E-state index contributed by atoms with van der Waals surface area (Å²) >= 11 is 5.60. The van der Waals surface area contributed by atoms with Gasteiger partial charge in [0, 0.05) is 12.5 Å². The highest BCUT2D eigenvalue weighted by molar-refractivity contribution is 6.30. The Morgan fingerprint density at radius 2 is 2.29 bits per heavy atom. The van der Waals surface area contributed by atoms with Crippen molar-refractivity contribution >= 4 is 11.6 Å². The zero-order valence-corrected chi connectivity index (χ0v) is 9.89. The topological polar surface area (TPSA) is 69.6 Å². The molecule has 0 saturated heterocycles. The molecule has 1 aromatic carbocycles. The molecule has 5 nitrogen and oxygen atoms in total. The molecule has 0 bridgehead atoms. The van der Waals surface area contributed by atoms with Gasteiger partial charge in [-0.3, -0.25) is 0 Å². The number of rotatable bonds is 3. The lowest BCUT2D eigenvalue weighted by Gasteiger charge is -2.09. The molecule has 0 aliphatic rings. The Labute approximate surface area is 102 Å². The summed E-state index contributed by atoms with van der Waals surface area (Å²) in [6, 6.07) is 4.11. The Kier molecular flexibility index (Phi) is 3.35. The maximum Gasteiger partial charge on any atom is 0.176 e. The molecule has 2 N–H and O–H groups in total. The maximum atomic E-state index is 13.2. The Bertz CT molecular complexity index is 527. The number of nitrogens with zero attached hydrogens (tertiary/aromatic N) is 4. The predicted molar refractivity (Wildman–Crippen MR) is 60.8 cm³/mol. The summed E-state index contributed by atoms with van der Waals surface area (Å²) in [7, 11) is 1.67. The van der Waals surface area contributed by atoms with Gasteiger partial charge < -0.3 is 5.73 Å². The normalized spacial score (nSPS) is 12.7. The summed E-state index contributed by atoms with van der Waals surface area (Å²) in [5, 5.41) is 11.6. The van der Waals surface area contributed by atoms with Crippen molar-refractivity contribution in [1.29, 1.82) is 0 Å². The zero-order valence-electron chi connectivity index (χ0n) is 9.14. The first kappa shape index (κ1) is 11.9. The van der Waals surface area contributed by atoms with Gasteiger partial charge >= 0.3 is 0 Å². The van der Waals surface area contributed by atoms with E-state index in [4.69, 9.17) is 17.3 Å². The molecule has 0 aliphatic carbocycles. The average molecular weight is 256 g/mol. The van der Waals surface area contributed by atoms with Crippen molar-refractivity contribution in [2.24, 2.45) is 12.8 Å². The number of benzene rings is 1. The molecule has 0 radical (unpaired) electrons. The first-order chi connectivity index (χ1) is 8.06. The van der Waals surface area contributed by atoms with Gasteiger partial charge in [0.05, 0.1) is 12.1 Å². The van der Waals surface area contributed by atoms with Crippen molar-refractivity contribution in [3.05, 3.63) is 40.4 Å². The summed E-state index contributed by atoms with van der Waals surface area (Å²) in [6.07, 6.45) is 0.398. The zero-order chi connectivity index (χ0) is 12.4. The number of aromatic nitrogens is 4. The lowest BCUT2D eigenvalue weighted by molar-refractivity contribution is 0.612. The quantitative estimate of drug-likeness (QED) is 0.896. The van der Waals surface area contributed by atoms with Gasteiger partial charge in [0.25, 0.3) is 0 Å². The minimum atomic E-state index is -0.480. The molecule has 2 aromatic rings. The van der Waals surface area contributed by atoms with Crippen LogP contribution in [0.15, 0.2) is 18.2 Å².